The number of benzene rings is 1. The number of sulfonamides is 1. The number of hydrogen-bond acceptors (Lipinski definition) is 4. The van der Waals surface area contributed by atoms with Gasteiger partial charge in [-0.05, 0) is 37.5 Å². The van der Waals surface area contributed by atoms with Gasteiger partial charge < -0.3 is 10.8 Å². The minimum absolute atomic E-state index is 0.0391. The molecule has 1 aromatic carbocycles. The first-order valence-corrected chi connectivity index (χ1v) is 8.34. The van der Waals surface area contributed by atoms with Crippen molar-refractivity contribution in [3.8, 4) is 0 Å². The van der Waals surface area contributed by atoms with E-state index in [2.05, 4.69) is 0 Å². The highest BCUT2D eigenvalue weighted by molar-refractivity contribution is 7.89. The summed E-state index contributed by atoms with van der Waals surface area (Å²) in [7, 11) is -2.67. The first kappa shape index (κ1) is 16.2. The summed E-state index contributed by atoms with van der Waals surface area (Å²) < 4.78 is 40.1. The third-order valence-electron chi connectivity index (χ3n) is 3.98. The molecular weight excluding hydrogens is 295 g/mol. The van der Waals surface area contributed by atoms with Crippen molar-refractivity contribution in [3.05, 3.63) is 23.5 Å². The molecule has 1 aromatic rings. The van der Waals surface area contributed by atoms with Gasteiger partial charge in [0.1, 0.15) is 10.7 Å². The lowest BCUT2D eigenvalue weighted by Crippen LogP contribution is -2.42. The number of nitrogens with zero attached hydrogens (tertiary/aromatic N) is 1. The van der Waals surface area contributed by atoms with Gasteiger partial charge in [0.25, 0.3) is 0 Å². The van der Waals surface area contributed by atoms with E-state index in [1.54, 1.807) is 0 Å². The minimum atomic E-state index is -4.02. The molecule has 0 radical (unpaired) electrons. The van der Waals surface area contributed by atoms with Gasteiger partial charge in [0, 0.05) is 19.3 Å². The van der Waals surface area contributed by atoms with Crippen molar-refractivity contribution >= 4 is 15.7 Å². The maximum absolute atomic E-state index is 14.1. The molecule has 0 heterocycles. The summed E-state index contributed by atoms with van der Waals surface area (Å²) in [6.45, 7) is 1.43. The molecular formula is C14H21FN2O3S. The first-order valence-electron chi connectivity index (χ1n) is 6.90. The van der Waals surface area contributed by atoms with Crippen molar-refractivity contribution in [2.75, 3.05) is 19.3 Å². The maximum atomic E-state index is 14.1. The number of likely N-dealkylation sites (N-methyl/N-ethyl adjacent to an activating group) is 1. The van der Waals surface area contributed by atoms with Crippen LogP contribution >= 0.6 is 0 Å². The lowest BCUT2D eigenvalue weighted by molar-refractivity contribution is 0.0333. The average molecular weight is 316 g/mol. The Morgan fingerprint density at radius 2 is 1.95 bits per heavy atom. The molecule has 7 heteroatoms. The zero-order chi connectivity index (χ0) is 15.8. The van der Waals surface area contributed by atoms with Crippen LogP contribution in [0.3, 0.4) is 0 Å². The molecule has 0 atom stereocenters. The van der Waals surface area contributed by atoms with Crippen molar-refractivity contribution in [1.82, 2.24) is 4.31 Å². The Morgan fingerprint density at radius 1 is 1.38 bits per heavy atom. The van der Waals surface area contributed by atoms with E-state index in [-0.39, 0.29) is 17.8 Å². The van der Waals surface area contributed by atoms with Gasteiger partial charge in [-0.1, -0.05) is 12.8 Å². The van der Waals surface area contributed by atoms with E-state index in [1.807, 2.05) is 0 Å². The van der Waals surface area contributed by atoms with Crippen LogP contribution in [0.25, 0.3) is 0 Å². The second-order valence-corrected chi connectivity index (χ2v) is 7.86. The quantitative estimate of drug-likeness (QED) is 0.827. The molecule has 0 spiro atoms. The number of nitrogens with two attached hydrogens (primary N) is 1. The molecule has 1 aliphatic carbocycles. The number of anilines is 1. The van der Waals surface area contributed by atoms with Gasteiger partial charge in [-0.3, -0.25) is 0 Å². The van der Waals surface area contributed by atoms with Crippen LogP contribution < -0.4 is 5.73 Å². The summed E-state index contributed by atoms with van der Waals surface area (Å²) in [6, 6.07) is 2.51. The standard InChI is InChI=1S/C14H21FN2O3S/c1-10-7-11(16)8-12(13(10)15)21(19,20)17(2)9-14(18)5-3-4-6-14/h7-8,18H,3-6,9,16H2,1-2H3. The normalized spacial score (nSPS) is 18.3. The lowest BCUT2D eigenvalue weighted by Gasteiger charge is -2.28. The Kier molecular flexibility index (Phi) is 4.28. The summed E-state index contributed by atoms with van der Waals surface area (Å²) in [5.41, 5.74) is 4.97. The van der Waals surface area contributed by atoms with Crippen LogP contribution in [-0.4, -0.2) is 37.0 Å². The number of halogens is 1. The van der Waals surface area contributed by atoms with E-state index in [0.29, 0.717) is 12.8 Å². The average Bonchev–Trinajstić information content (AvgIpc) is 2.80. The Labute approximate surface area is 124 Å². The maximum Gasteiger partial charge on any atom is 0.245 e. The Hall–Kier alpha value is -1.18. The van der Waals surface area contributed by atoms with Gasteiger partial charge in [-0.2, -0.15) is 4.31 Å². The monoisotopic (exact) mass is 316 g/mol. The summed E-state index contributed by atoms with van der Waals surface area (Å²) >= 11 is 0. The molecule has 5 nitrogen and oxygen atoms in total. The summed E-state index contributed by atoms with van der Waals surface area (Å²) in [4.78, 5) is -0.441. The molecule has 0 aliphatic heterocycles. The summed E-state index contributed by atoms with van der Waals surface area (Å²) in [5, 5.41) is 10.3. The van der Waals surface area contributed by atoms with E-state index < -0.39 is 26.3 Å². The highest BCUT2D eigenvalue weighted by Gasteiger charge is 2.36. The molecule has 21 heavy (non-hydrogen) atoms. The van der Waals surface area contributed by atoms with Crippen molar-refractivity contribution in [3.63, 3.8) is 0 Å². The summed E-state index contributed by atoms with van der Waals surface area (Å²) in [6.07, 6.45) is 2.86. The number of aryl methyl sites for hydroxylation is 1. The molecule has 0 aromatic heterocycles. The second kappa shape index (κ2) is 5.55. The molecule has 0 bridgehead atoms. The van der Waals surface area contributed by atoms with Gasteiger partial charge in [-0.25, -0.2) is 12.8 Å². The molecule has 0 saturated heterocycles. The number of hydrogen-bond donors (Lipinski definition) is 2. The number of rotatable bonds is 4. The van der Waals surface area contributed by atoms with Crippen LogP contribution in [0.5, 0.6) is 0 Å². The van der Waals surface area contributed by atoms with Gasteiger partial charge in [-0.15, -0.1) is 0 Å². The van der Waals surface area contributed by atoms with Gasteiger partial charge in [0.15, 0.2) is 0 Å². The smallest absolute Gasteiger partial charge is 0.245 e. The lowest BCUT2D eigenvalue weighted by atomic mass is 10.0. The number of aliphatic hydroxyl groups is 1. The van der Waals surface area contributed by atoms with Crippen molar-refractivity contribution in [2.45, 2.75) is 43.1 Å². The Morgan fingerprint density at radius 3 is 2.52 bits per heavy atom. The zero-order valence-electron chi connectivity index (χ0n) is 12.3. The highest BCUT2D eigenvalue weighted by atomic mass is 32.2. The molecule has 1 saturated carbocycles. The Bertz CT molecular complexity index is 640. The largest absolute Gasteiger partial charge is 0.399 e. The molecule has 1 fully saturated rings. The molecule has 0 unspecified atom stereocenters. The van der Waals surface area contributed by atoms with Gasteiger partial charge in [0.05, 0.1) is 5.60 Å². The van der Waals surface area contributed by atoms with E-state index >= 15 is 0 Å². The van der Waals surface area contributed by atoms with Crippen molar-refractivity contribution < 1.29 is 17.9 Å². The van der Waals surface area contributed by atoms with Crippen LogP contribution in [0.2, 0.25) is 0 Å². The molecule has 3 N–H and O–H groups in total. The van der Waals surface area contributed by atoms with Gasteiger partial charge >= 0.3 is 0 Å². The minimum Gasteiger partial charge on any atom is -0.399 e. The van der Waals surface area contributed by atoms with Crippen LogP contribution in [0.4, 0.5) is 10.1 Å². The van der Waals surface area contributed by atoms with Crippen LogP contribution in [0.15, 0.2) is 17.0 Å². The predicted octanol–water partition coefficient (Wildman–Crippen LogP) is 1.64. The topological polar surface area (TPSA) is 83.6 Å². The van der Waals surface area contributed by atoms with Crippen LogP contribution in [0, 0.1) is 12.7 Å². The van der Waals surface area contributed by atoms with Crippen molar-refractivity contribution in [1.29, 1.82) is 0 Å². The second-order valence-electron chi connectivity index (χ2n) is 5.84. The third-order valence-corrected chi connectivity index (χ3v) is 5.79. The molecule has 118 valence electrons. The van der Waals surface area contributed by atoms with E-state index in [9.17, 15) is 17.9 Å². The van der Waals surface area contributed by atoms with E-state index in [0.717, 1.165) is 23.2 Å². The fraction of sp³-hybridized carbons (Fsp3) is 0.571. The first-order chi connectivity index (χ1) is 9.66. The fourth-order valence-corrected chi connectivity index (χ4v) is 4.23. The fourth-order valence-electron chi connectivity index (χ4n) is 2.81. The van der Waals surface area contributed by atoms with E-state index in [4.69, 9.17) is 5.73 Å². The van der Waals surface area contributed by atoms with E-state index in [1.165, 1.54) is 20.0 Å². The highest BCUT2D eigenvalue weighted by Crippen LogP contribution is 2.32. The number of nitrogen functional groups attached to an aromatic ring is 1. The predicted molar refractivity (Wildman–Crippen MR) is 78.8 cm³/mol. The molecule has 2 rings (SSSR count). The van der Waals surface area contributed by atoms with Crippen LogP contribution in [0.1, 0.15) is 31.2 Å². The summed E-state index contributed by atoms with van der Waals surface area (Å²) in [5.74, 6) is -0.797. The van der Waals surface area contributed by atoms with Crippen molar-refractivity contribution in [2.24, 2.45) is 0 Å². The molecule has 0 amide bonds. The zero-order valence-corrected chi connectivity index (χ0v) is 13.1. The third kappa shape index (κ3) is 3.20. The Balaban J connectivity index is 2.33. The van der Waals surface area contributed by atoms with Gasteiger partial charge in [0.2, 0.25) is 10.0 Å². The molecule has 1 aliphatic rings. The van der Waals surface area contributed by atoms with Crippen LogP contribution in [-0.2, 0) is 10.0 Å². The SMILES string of the molecule is Cc1cc(N)cc(S(=O)(=O)N(C)CC2(O)CCCC2)c1F.